The second-order valence-corrected chi connectivity index (χ2v) is 9.14. The highest BCUT2D eigenvalue weighted by Crippen LogP contribution is 2.48. The molecule has 2 aliphatic rings. The number of esters is 1. The quantitative estimate of drug-likeness (QED) is 0.680. The van der Waals surface area contributed by atoms with Crippen LogP contribution in [0, 0.1) is 5.41 Å². The molecule has 1 atom stereocenters. The van der Waals surface area contributed by atoms with E-state index in [-0.39, 0.29) is 29.3 Å². The molecular weight excluding hydrogens is 414 g/mol. The summed E-state index contributed by atoms with van der Waals surface area (Å²) in [5.41, 5.74) is 8.20. The minimum atomic E-state index is -0.659. The summed E-state index contributed by atoms with van der Waals surface area (Å²) >= 11 is 6.07. The number of rotatable bonds is 4. The van der Waals surface area contributed by atoms with E-state index in [1.54, 1.807) is 24.3 Å². The fourth-order valence-corrected chi connectivity index (χ4v) is 4.30. The van der Waals surface area contributed by atoms with Crippen LogP contribution < -0.4 is 5.73 Å². The first kappa shape index (κ1) is 21.2. The van der Waals surface area contributed by atoms with Crippen LogP contribution in [-0.2, 0) is 25.7 Å². The monoisotopic (exact) mass is 437 g/mol. The van der Waals surface area contributed by atoms with Crippen LogP contribution in [0.1, 0.15) is 43.7 Å². The number of allylic oxidation sites excluding steroid dienone is 2. The number of hydrogen-bond acceptors (Lipinski definition) is 5. The third-order valence-corrected chi connectivity index (χ3v) is 5.84. The molecule has 1 unspecified atom stereocenters. The molecule has 4 rings (SSSR count). The van der Waals surface area contributed by atoms with E-state index in [9.17, 15) is 9.59 Å². The van der Waals surface area contributed by atoms with Crippen LogP contribution in [0.3, 0.4) is 0 Å². The first-order valence-electron chi connectivity index (χ1n) is 10.2. The van der Waals surface area contributed by atoms with Crippen molar-refractivity contribution in [2.45, 2.75) is 39.2 Å². The largest absolute Gasteiger partial charge is 0.457 e. The zero-order valence-corrected chi connectivity index (χ0v) is 18.2. The van der Waals surface area contributed by atoms with E-state index in [1.807, 2.05) is 44.2 Å². The minimum Gasteiger partial charge on any atom is -0.457 e. The van der Waals surface area contributed by atoms with E-state index < -0.39 is 11.9 Å². The molecule has 6 heteroatoms. The summed E-state index contributed by atoms with van der Waals surface area (Å²) in [5.74, 6) is -0.814. The van der Waals surface area contributed by atoms with Crippen LogP contribution in [0.2, 0.25) is 5.02 Å². The molecule has 5 nitrogen and oxygen atoms in total. The lowest BCUT2D eigenvalue weighted by atomic mass is 9.70. The molecule has 0 radical (unpaired) electrons. The predicted molar refractivity (Wildman–Crippen MR) is 118 cm³/mol. The van der Waals surface area contributed by atoms with Crippen LogP contribution in [0.25, 0.3) is 0 Å². The van der Waals surface area contributed by atoms with Gasteiger partial charge in [0.1, 0.15) is 17.9 Å². The van der Waals surface area contributed by atoms with Gasteiger partial charge in [-0.3, -0.25) is 4.79 Å². The van der Waals surface area contributed by atoms with Gasteiger partial charge >= 0.3 is 5.97 Å². The predicted octanol–water partition coefficient (Wildman–Crippen LogP) is 5.01. The molecule has 31 heavy (non-hydrogen) atoms. The molecule has 1 heterocycles. The number of benzene rings is 2. The average Bonchev–Trinajstić information content (AvgIpc) is 2.71. The topological polar surface area (TPSA) is 78.6 Å². The first-order valence-corrected chi connectivity index (χ1v) is 10.5. The van der Waals surface area contributed by atoms with Crippen molar-refractivity contribution in [3.05, 3.63) is 93.5 Å². The van der Waals surface area contributed by atoms with E-state index in [0.29, 0.717) is 29.2 Å². The SMILES string of the molecule is CC1(C)CC(=O)C2=C(C1)OC(N)=C(C(=O)OCc1ccccc1)C2c1ccc(Cl)cc1. The molecular formula is C25H24ClNO4. The van der Waals surface area contributed by atoms with Crippen molar-refractivity contribution < 1.29 is 19.1 Å². The second kappa shape index (κ2) is 8.23. The molecule has 2 aromatic carbocycles. The molecule has 2 aromatic rings. The zero-order valence-electron chi connectivity index (χ0n) is 17.5. The number of nitrogens with two attached hydrogens (primary N) is 1. The van der Waals surface area contributed by atoms with Gasteiger partial charge in [-0.15, -0.1) is 0 Å². The van der Waals surface area contributed by atoms with Crippen molar-refractivity contribution in [1.29, 1.82) is 0 Å². The lowest BCUT2D eigenvalue weighted by Gasteiger charge is -2.38. The summed E-state index contributed by atoms with van der Waals surface area (Å²) in [7, 11) is 0. The summed E-state index contributed by atoms with van der Waals surface area (Å²) in [4.78, 5) is 26.3. The number of halogens is 1. The van der Waals surface area contributed by atoms with Gasteiger partial charge in [0.15, 0.2) is 5.78 Å². The van der Waals surface area contributed by atoms with Gasteiger partial charge in [0, 0.05) is 23.4 Å². The Morgan fingerprint density at radius 3 is 2.48 bits per heavy atom. The van der Waals surface area contributed by atoms with Crippen LogP contribution in [-0.4, -0.2) is 11.8 Å². The van der Waals surface area contributed by atoms with Gasteiger partial charge in [0.05, 0.1) is 5.92 Å². The van der Waals surface area contributed by atoms with Gasteiger partial charge in [-0.2, -0.15) is 0 Å². The maximum atomic E-state index is 13.2. The number of ether oxygens (including phenoxy) is 2. The van der Waals surface area contributed by atoms with E-state index >= 15 is 0 Å². The van der Waals surface area contributed by atoms with E-state index in [0.717, 1.165) is 11.1 Å². The molecule has 160 valence electrons. The van der Waals surface area contributed by atoms with Crippen molar-refractivity contribution >= 4 is 23.4 Å². The Labute approximate surface area is 186 Å². The van der Waals surface area contributed by atoms with Gasteiger partial charge in [-0.1, -0.05) is 67.9 Å². The van der Waals surface area contributed by atoms with Crippen LogP contribution in [0.15, 0.2) is 77.4 Å². The molecule has 0 amide bonds. The van der Waals surface area contributed by atoms with Gasteiger partial charge in [-0.05, 0) is 28.7 Å². The zero-order chi connectivity index (χ0) is 22.2. The summed E-state index contributed by atoms with van der Waals surface area (Å²) in [6.07, 6.45) is 0.927. The highest BCUT2D eigenvalue weighted by Gasteiger charge is 2.45. The molecule has 1 aliphatic heterocycles. The lowest BCUT2D eigenvalue weighted by molar-refractivity contribution is -0.141. The van der Waals surface area contributed by atoms with Crippen molar-refractivity contribution in [2.75, 3.05) is 0 Å². The molecule has 0 spiro atoms. The summed E-state index contributed by atoms with van der Waals surface area (Å²) < 4.78 is 11.4. The first-order chi connectivity index (χ1) is 14.7. The maximum absolute atomic E-state index is 13.2. The number of hydrogen-bond donors (Lipinski definition) is 1. The van der Waals surface area contributed by atoms with E-state index in [2.05, 4.69) is 0 Å². The van der Waals surface area contributed by atoms with Gasteiger partial charge < -0.3 is 15.2 Å². The Morgan fingerprint density at radius 2 is 1.81 bits per heavy atom. The average molecular weight is 438 g/mol. The maximum Gasteiger partial charge on any atom is 0.340 e. The van der Waals surface area contributed by atoms with Crippen molar-refractivity contribution in [3.8, 4) is 0 Å². The van der Waals surface area contributed by atoms with Crippen LogP contribution >= 0.6 is 11.6 Å². The number of ketones is 1. The Bertz CT molecular complexity index is 1080. The molecule has 0 bridgehead atoms. The molecule has 0 saturated carbocycles. The fourth-order valence-electron chi connectivity index (χ4n) is 4.17. The molecule has 0 saturated heterocycles. The Morgan fingerprint density at radius 1 is 1.13 bits per heavy atom. The van der Waals surface area contributed by atoms with E-state index in [4.69, 9.17) is 26.8 Å². The third kappa shape index (κ3) is 4.37. The Balaban J connectivity index is 1.73. The molecule has 1 aliphatic carbocycles. The minimum absolute atomic E-state index is 0.0257. The van der Waals surface area contributed by atoms with Crippen molar-refractivity contribution in [3.63, 3.8) is 0 Å². The summed E-state index contributed by atoms with van der Waals surface area (Å²) in [6.45, 7) is 4.12. The van der Waals surface area contributed by atoms with Crippen molar-refractivity contribution in [2.24, 2.45) is 11.1 Å². The Hall–Kier alpha value is -3.05. The van der Waals surface area contributed by atoms with Crippen LogP contribution in [0.5, 0.6) is 0 Å². The van der Waals surface area contributed by atoms with Crippen molar-refractivity contribution in [1.82, 2.24) is 0 Å². The smallest absolute Gasteiger partial charge is 0.340 e. The standard InChI is InChI=1S/C25H24ClNO4/c1-25(2)12-18(28)21-19(13-25)31-23(27)22(20(21)16-8-10-17(26)11-9-16)24(29)30-14-15-6-4-3-5-7-15/h3-11,20H,12-14,27H2,1-2H3. The highest BCUT2D eigenvalue weighted by atomic mass is 35.5. The van der Waals surface area contributed by atoms with Gasteiger partial charge in [-0.25, -0.2) is 4.79 Å². The molecule has 2 N–H and O–H groups in total. The van der Waals surface area contributed by atoms with Crippen LogP contribution in [0.4, 0.5) is 0 Å². The van der Waals surface area contributed by atoms with Gasteiger partial charge in [0.2, 0.25) is 5.88 Å². The van der Waals surface area contributed by atoms with Gasteiger partial charge in [0.25, 0.3) is 0 Å². The second-order valence-electron chi connectivity index (χ2n) is 8.70. The van der Waals surface area contributed by atoms with E-state index in [1.165, 1.54) is 0 Å². The third-order valence-electron chi connectivity index (χ3n) is 5.59. The fraction of sp³-hybridized carbons (Fsp3) is 0.280. The Kier molecular flexibility index (Phi) is 5.63. The lowest BCUT2D eigenvalue weighted by Crippen LogP contribution is -2.35. The number of Topliss-reactive ketones (excluding diaryl/α,β-unsaturated/α-hetero) is 1. The molecule has 0 fully saturated rings. The number of carbonyl (C=O) groups is 2. The normalized spacial score (nSPS) is 20.2. The summed E-state index contributed by atoms with van der Waals surface area (Å²) in [5, 5.41) is 0.561. The summed E-state index contributed by atoms with van der Waals surface area (Å²) in [6, 6.07) is 16.4. The molecule has 0 aromatic heterocycles. The highest BCUT2D eigenvalue weighted by molar-refractivity contribution is 6.30. The number of carbonyl (C=O) groups excluding carboxylic acids is 2.